The van der Waals surface area contributed by atoms with Crippen LogP contribution in [-0.2, 0) is 0 Å². The lowest BCUT2D eigenvalue weighted by molar-refractivity contribution is 1.18. The van der Waals surface area contributed by atoms with E-state index in [-0.39, 0.29) is 0 Å². The van der Waals surface area contributed by atoms with Gasteiger partial charge in [0.25, 0.3) is 0 Å². The molecule has 1 heteroatoms. The second kappa shape index (κ2) is 13.7. The number of benzene rings is 10. The molecule has 57 heavy (non-hydrogen) atoms. The van der Waals surface area contributed by atoms with Crippen molar-refractivity contribution >= 4 is 43.4 Å². The summed E-state index contributed by atoms with van der Waals surface area (Å²) < 4.78 is 2.41. The molecule has 0 aliphatic heterocycles. The van der Waals surface area contributed by atoms with Crippen molar-refractivity contribution in [3.63, 3.8) is 0 Å². The van der Waals surface area contributed by atoms with Gasteiger partial charge in [0.05, 0.1) is 11.0 Å². The van der Waals surface area contributed by atoms with E-state index in [1.807, 2.05) is 0 Å². The lowest BCUT2D eigenvalue weighted by atomic mass is 9.85. The maximum Gasteiger partial charge on any atom is 0.0541 e. The van der Waals surface area contributed by atoms with Gasteiger partial charge >= 0.3 is 0 Å². The zero-order valence-corrected chi connectivity index (χ0v) is 31.3. The predicted octanol–water partition coefficient (Wildman–Crippen LogP) is 15.4. The number of nitrogens with zero attached hydrogens (tertiary/aromatic N) is 1. The normalized spacial score (nSPS) is 11.5. The van der Waals surface area contributed by atoms with Gasteiger partial charge in [-0.25, -0.2) is 0 Å². The Balaban J connectivity index is 1.15. The first-order valence-corrected chi connectivity index (χ1v) is 19.7. The Morgan fingerprint density at radius 3 is 1.12 bits per heavy atom. The molecule has 0 radical (unpaired) electrons. The predicted molar refractivity (Wildman–Crippen MR) is 243 cm³/mol. The number of hydrogen-bond donors (Lipinski definition) is 0. The van der Waals surface area contributed by atoms with Crippen LogP contribution in [0, 0.1) is 0 Å². The fourth-order valence-corrected chi connectivity index (χ4v) is 8.94. The Labute approximate surface area is 332 Å². The summed E-state index contributed by atoms with van der Waals surface area (Å²) in [5.41, 5.74) is 15.8. The largest absolute Gasteiger partial charge is 0.309 e. The second-order valence-corrected chi connectivity index (χ2v) is 14.9. The van der Waals surface area contributed by atoms with Crippen molar-refractivity contribution in [1.82, 2.24) is 4.57 Å². The van der Waals surface area contributed by atoms with Crippen molar-refractivity contribution in [2.45, 2.75) is 0 Å². The summed E-state index contributed by atoms with van der Waals surface area (Å²) in [4.78, 5) is 0. The number of aromatic nitrogens is 1. The molecule has 1 nitrogen and oxygen atoms in total. The zero-order valence-electron chi connectivity index (χ0n) is 31.3. The van der Waals surface area contributed by atoms with Crippen LogP contribution in [0.25, 0.3) is 105 Å². The molecule has 0 unspecified atom stereocenters. The van der Waals surface area contributed by atoms with E-state index in [1.165, 1.54) is 99.0 Å². The molecule has 11 aromatic rings. The van der Waals surface area contributed by atoms with Gasteiger partial charge < -0.3 is 4.57 Å². The van der Waals surface area contributed by atoms with E-state index in [0.717, 1.165) is 5.69 Å². The van der Waals surface area contributed by atoms with Gasteiger partial charge in [-0.1, -0.05) is 176 Å². The minimum absolute atomic E-state index is 1.16. The van der Waals surface area contributed by atoms with Crippen LogP contribution in [0.4, 0.5) is 0 Å². The summed E-state index contributed by atoms with van der Waals surface area (Å²) in [6, 6.07) is 82.0. The van der Waals surface area contributed by atoms with Crippen LogP contribution in [0.5, 0.6) is 0 Å². The molecule has 10 aromatic carbocycles. The SMILES string of the molecule is c1ccc(-c2cccc(-c3ccc4c(c3)c3cc(-c5ccc6c(-c7ccccc7)c7ccccc7c(-c7ccccc7)c6c5)ccc3n4-c3ccccc3)c2)cc1. The molecule has 0 aliphatic rings. The molecular formula is C56H37N. The average Bonchev–Trinajstić information content (AvgIpc) is 3.62. The Bertz CT molecular complexity index is 3250. The van der Waals surface area contributed by atoms with E-state index in [0.29, 0.717) is 0 Å². The molecule has 0 fully saturated rings. The zero-order chi connectivity index (χ0) is 37.7. The highest BCUT2D eigenvalue weighted by Crippen LogP contribution is 2.45. The summed E-state index contributed by atoms with van der Waals surface area (Å²) in [6.45, 7) is 0. The molecule has 266 valence electrons. The van der Waals surface area contributed by atoms with E-state index in [2.05, 4.69) is 229 Å². The van der Waals surface area contributed by atoms with Crippen molar-refractivity contribution in [3.05, 3.63) is 224 Å². The fraction of sp³-hybridized carbons (Fsp3) is 0. The molecule has 0 amide bonds. The van der Waals surface area contributed by atoms with E-state index < -0.39 is 0 Å². The standard InChI is InChI=1S/C56H37N/c1-5-16-38(17-6-1)41-22-15-23-42(34-41)44-29-32-53-50(35-44)51-36-45(30-33-54(51)57(53)46-24-11-4-12-25-46)43-28-31-49-52(37-43)56(40-20-9-3-10-21-40)48-27-14-13-26-47(48)55(49)39-18-7-2-8-19-39/h1-37H. The number of hydrogen-bond acceptors (Lipinski definition) is 0. The first-order chi connectivity index (χ1) is 28.3. The van der Waals surface area contributed by atoms with Crippen LogP contribution in [0.2, 0.25) is 0 Å². The van der Waals surface area contributed by atoms with Crippen LogP contribution in [0.1, 0.15) is 0 Å². The number of para-hydroxylation sites is 1. The molecule has 0 N–H and O–H groups in total. The van der Waals surface area contributed by atoms with Crippen LogP contribution < -0.4 is 0 Å². The monoisotopic (exact) mass is 723 g/mol. The highest BCUT2D eigenvalue weighted by molar-refractivity contribution is 6.22. The van der Waals surface area contributed by atoms with Crippen LogP contribution in [-0.4, -0.2) is 4.57 Å². The van der Waals surface area contributed by atoms with Gasteiger partial charge in [-0.15, -0.1) is 0 Å². The summed E-state index contributed by atoms with van der Waals surface area (Å²) >= 11 is 0. The van der Waals surface area contributed by atoms with Gasteiger partial charge in [0, 0.05) is 16.5 Å². The smallest absolute Gasteiger partial charge is 0.0541 e. The first-order valence-electron chi connectivity index (χ1n) is 19.7. The van der Waals surface area contributed by atoms with E-state index >= 15 is 0 Å². The Morgan fingerprint density at radius 1 is 0.211 bits per heavy atom. The maximum atomic E-state index is 2.43. The Hall–Kier alpha value is -7.48. The third kappa shape index (κ3) is 5.63. The molecule has 0 aliphatic carbocycles. The van der Waals surface area contributed by atoms with Gasteiger partial charge in [-0.3, -0.25) is 0 Å². The summed E-state index contributed by atoms with van der Waals surface area (Å²) in [5, 5.41) is 7.51. The fourth-order valence-electron chi connectivity index (χ4n) is 8.94. The summed E-state index contributed by atoms with van der Waals surface area (Å²) in [5.74, 6) is 0. The lowest BCUT2D eigenvalue weighted by Gasteiger charge is -2.18. The molecule has 0 saturated heterocycles. The third-order valence-electron chi connectivity index (χ3n) is 11.6. The molecule has 0 bridgehead atoms. The van der Waals surface area contributed by atoms with Crippen LogP contribution in [0.3, 0.4) is 0 Å². The molecule has 0 spiro atoms. The third-order valence-corrected chi connectivity index (χ3v) is 11.6. The Kier molecular flexibility index (Phi) is 7.89. The minimum atomic E-state index is 1.16. The van der Waals surface area contributed by atoms with Crippen molar-refractivity contribution in [2.75, 3.05) is 0 Å². The molecule has 1 heterocycles. The van der Waals surface area contributed by atoms with Gasteiger partial charge in [0.1, 0.15) is 0 Å². The highest BCUT2D eigenvalue weighted by Gasteiger charge is 2.19. The van der Waals surface area contributed by atoms with Gasteiger partial charge in [0.2, 0.25) is 0 Å². The molecular weight excluding hydrogens is 687 g/mol. The van der Waals surface area contributed by atoms with Gasteiger partial charge in [-0.05, 0) is 126 Å². The van der Waals surface area contributed by atoms with Crippen molar-refractivity contribution in [3.8, 4) is 61.3 Å². The lowest BCUT2D eigenvalue weighted by Crippen LogP contribution is -1.93. The molecule has 0 atom stereocenters. The minimum Gasteiger partial charge on any atom is -0.309 e. The maximum absolute atomic E-state index is 2.43. The van der Waals surface area contributed by atoms with Crippen molar-refractivity contribution in [1.29, 1.82) is 0 Å². The number of rotatable bonds is 6. The van der Waals surface area contributed by atoms with E-state index in [1.54, 1.807) is 0 Å². The van der Waals surface area contributed by atoms with Gasteiger partial charge in [0.15, 0.2) is 0 Å². The average molecular weight is 724 g/mol. The molecule has 1 aromatic heterocycles. The molecule has 11 rings (SSSR count). The number of fused-ring (bicyclic) bond motifs is 5. The van der Waals surface area contributed by atoms with Crippen molar-refractivity contribution < 1.29 is 0 Å². The van der Waals surface area contributed by atoms with Crippen molar-refractivity contribution in [2.24, 2.45) is 0 Å². The van der Waals surface area contributed by atoms with Crippen LogP contribution in [0.15, 0.2) is 224 Å². The molecule has 0 saturated carbocycles. The van der Waals surface area contributed by atoms with E-state index in [9.17, 15) is 0 Å². The van der Waals surface area contributed by atoms with Gasteiger partial charge in [-0.2, -0.15) is 0 Å². The second-order valence-electron chi connectivity index (χ2n) is 14.9. The summed E-state index contributed by atoms with van der Waals surface area (Å²) in [6.07, 6.45) is 0. The van der Waals surface area contributed by atoms with E-state index in [4.69, 9.17) is 0 Å². The first kappa shape index (κ1) is 32.9. The topological polar surface area (TPSA) is 4.93 Å². The highest BCUT2D eigenvalue weighted by atomic mass is 15.0. The van der Waals surface area contributed by atoms with Crippen LogP contribution >= 0.6 is 0 Å². The Morgan fingerprint density at radius 2 is 0.579 bits per heavy atom. The quantitative estimate of drug-likeness (QED) is 0.151. The summed E-state index contributed by atoms with van der Waals surface area (Å²) in [7, 11) is 0.